The Morgan fingerprint density at radius 2 is 1.87 bits per heavy atom. The number of hydrogen-bond acceptors (Lipinski definition) is 5. The van der Waals surface area contributed by atoms with E-state index in [-0.39, 0.29) is 13.4 Å². The lowest BCUT2D eigenvalue weighted by Gasteiger charge is -2.14. The minimum atomic E-state index is -0.674. The van der Waals surface area contributed by atoms with Gasteiger partial charge in [-0.25, -0.2) is 4.79 Å². The zero-order valence-corrected chi connectivity index (χ0v) is 13.1. The van der Waals surface area contributed by atoms with Gasteiger partial charge < -0.3 is 18.9 Å². The van der Waals surface area contributed by atoms with Gasteiger partial charge in [0.2, 0.25) is 6.79 Å². The molecule has 0 radical (unpaired) electrons. The quantitative estimate of drug-likeness (QED) is 0.793. The van der Waals surface area contributed by atoms with E-state index in [0.717, 1.165) is 11.1 Å². The Morgan fingerprint density at radius 1 is 1.13 bits per heavy atom. The van der Waals surface area contributed by atoms with Crippen LogP contribution in [0, 0.1) is 6.92 Å². The van der Waals surface area contributed by atoms with E-state index in [1.54, 1.807) is 19.1 Å². The standard InChI is InChI=1S/C18H18O5/c1-12-3-6-15(7-4-12)23-13(2)18(19)20-10-14-5-8-16-17(9-14)22-11-21-16/h3-9,13H,10-11H2,1-2H3. The van der Waals surface area contributed by atoms with Crippen LogP contribution in [0.15, 0.2) is 42.5 Å². The van der Waals surface area contributed by atoms with Gasteiger partial charge in [-0.3, -0.25) is 0 Å². The number of carbonyl (C=O) groups excluding carboxylic acids is 1. The lowest BCUT2D eigenvalue weighted by molar-refractivity contribution is -0.152. The lowest BCUT2D eigenvalue weighted by atomic mass is 10.2. The molecule has 5 nitrogen and oxygen atoms in total. The summed E-state index contributed by atoms with van der Waals surface area (Å²) in [5.74, 6) is 1.60. The minimum Gasteiger partial charge on any atom is -0.479 e. The van der Waals surface area contributed by atoms with Crippen molar-refractivity contribution < 1.29 is 23.7 Å². The van der Waals surface area contributed by atoms with Gasteiger partial charge in [0.05, 0.1) is 0 Å². The number of hydrogen-bond donors (Lipinski definition) is 0. The molecular weight excluding hydrogens is 296 g/mol. The maximum absolute atomic E-state index is 12.0. The van der Waals surface area contributed by atoms with E-state index in [9.17, 15) is 4.79 Å². The molecule has 1 unspecified atom stereocenters. The van der Waals surface area contributed by atoms with Gasteiger partial charge in [0.1, 0.15) is 12.4 Å². The van der Waals surface area contributed by atoms with E-state index in [1.165, 1.54) is 0 Å². The van der Waals surface area contributed by atoms with E-state index in [1.807, 2.05) is 37.3 Å². The zero-order chi connectivity index (χ0) is 16.2. The van der Waals surface area contributed by atoms with E-state index in [0.29, 0.717) is 17.2 Å². The highest BCUT2D eigenvalue weighted by atomic mass is 16.7. The predicted molar refractivity (Wildman–Crippen MR) is 83.6 cm³/mol. The van der Waals surface area contributed by atoms with Crippen LogP contribution >= 0.6 is 0 Å². The SMILES string of the molecule is Cc1ccc(OC(C)C(=O)OCc2ccc3c(c2)OCO3)cc1. The normalized spacial score (nSPS) is 13.5. The Morgan fingerprint density at radius 3 is 2.65 bits per heavy atom. The molecule has 2 aromatic carbocycles. The number of aryl methyl sites for hydroxylation is 1. The number of rotatable bonds is 5. The monoisotopic (exact) mass is 314 g/mol. The molecule has 0 N–H and O–H groups in total. The second kappa shape index (κ2) is 6.60. The first-order valence-corrected chi connectivity index (χ1v) is 7.40. The summed E-state index contributed by atoms with van der Waals surface area (Å²) in [7, 11) is 0. The van der Waals surface area contributed by atoms with Crippen LogP contribution in [0.1, 0.15) is 18.1 Å². The van der Waals surface area contributed by atoms with Crippen LogP contribution in [-0.2, 0) is 16.1 Å². The second-order valence-electron chi connectivity index (χ2n) is 5.37. The van der Waals surface area contributed by atoms with Gasteiger partial charge in [0, 0.05) is 0 Å². The topological polar surface area (TPSA) is 54.0 Å². The zero-order valence-electron chi connectivity index (χ0n) is 13.1. The maximum atomic E-state index is 12.0. The molecule has 0 bridgehead atoms. The number of esters is 1. The van der Waals surface area contributed by atoms with E-state index in [2.05, 4.69) is 0 Å². The van der Waals surface area contributed by atoms with Crippen molar-refractivity contribution in [2.45, 2.75) is 26.6 Å². The maximum Gasteiger partial charge on any atom is 0.347 e. The first kappa shape index (κ1) is 15.2. The smallest absolute Gasteiger partial charge is 0.347 e. The third-order valence-corrected chi connectivity index (χ3v) is 3.48. The Labute approximate surface area is 134 Å². The Bertz CT molecular complexity index is 693. The van der Waals surface area contributed by atoms with Crippen LogP contribution in [0.2, 0.25) is 0 Å². The van der Waals surface area contributed by atoms with Crippen LogP contribution in [-0.4, -0.2) is 18.9 Å². The third-order valence-electron chi connectivity index (χ3n) is 3.48. The molecule has 1 aliphatic heterocycles. The molecule has 0 fully saturated rings. The van der Waals surface area contributed by atoms with Crippen molar-refractivity contribution >= 4 is 5.97 Å². The molecular formula is C18H18O5. The Hall–Kier alpha value is -2.69. The molecule has 3 rings (SSSR count). The molecule has 0 aromatic heterocycles. The molecule has 0 amide bonds. The fourth-order valence-corrected chi connectivity index (χ4v) is 2.17. The first-order chi connectivity index (χ1) is 11.1. The highest BCUT2D eigenvalue weighted by Crippen LogP contribution is 2.32. The highest BCUT2D eigenvalue weighted by molar-refractivity contribution is 5.74. The Balaban J connectivity index is 1.53. The molecule has 0 saturated heterocycles. The molecule has 1 atom stereocenters. The molecule has 23 heavy (non-hydrogen) atoms. The average molecular weight is 314 g/mol. The Kier molecular flexibility index (Phi) is 4.37. The molecule has 1 aliphatic rings. The molecule has 1 heterocycles. The molecule has 2 aromatic rings. The van der Waals surface area contributed by atoms with Crippen LogP contribution in [0.5, 0.6) is 17.2 Å². The van der Waals surface area contributed by atoms with Crippen molar-refractivity contribution in [1.82, 2.24) is 0 Å². The number of fused-ring (bicyclic) bond motifs is 1. The van der Waals surface area contributed by atoms with Crippen LogP contribution in [0.3, 0.4) is 0 Å². The fourth-order valence-electron chi connectivity index (χ4n) is 2.17. The first-order valence-electron chi connectivity index (χ1n) is 7.40. The fraction of sp³-hybridized carbons (Fsp3) is 0.278. The van der Waals surface area contributed by atoms with Crippen molar-refractivity contribution in [3.05, 3.63) is 53.6 Å². The van der Waals surface area contributed by atoms with Crippen molar-refractivity contribution in [1.29, 1.82) is 0 Å². The van der Waals surface area contributed by atoms with Crippen LogP contribution < -0.4 is 14.2 Å². The summed E-state index contributed by atoms with van der Waals surface area (Å²) in [4.78, 5) is 12.0. The van der Waals surface area contributed by atoms with Gasteiger partial charge in [-0.1, -0.05) is 23.8 Å². The summed E-state index contributed by atoms with van der Waals surface area (Å²) in [6.45, 7) is 4.05. The predicted octanol–water partition coefficient (Wildman–Crippen LogP) is 3.23. The number of ether oxygens (including phenoxy) is 4. The van der Waals surface area contributed by atoms with Crippen LogP contribution in [0.4, 0.5) is 0 Å². The third kappa shape index (κ3) is 3.74. The molecule has 0 spiro atoms. The lowest BCUT2D eigenvalue weighted by Crippen LogP contribution is -2.26. The van der Waals surface area contributed by atoms with Gasteiger partial charge in [-0.2, -0.15) is 0 Å². The molecule has 5 heteroatoms. The largest absolute Gasteiger partial charge is 0.479 e. The minimum absolute atomic E-state index is 0.164. The summed E-state index contributed by atoms with van der Waals surface area (Å²) < 4.78 is 21.4. The second-order valence-corrected chi connectivity index (χ2v) is 5.37. The van der Waals surface area contributed by atoms with Gasteiger partial charge in [-0.15, -0.1) is 0 Å². The van der Waals surface area contributed by atoms with Crippen molar-refractivity contribution in [2.24, 2.45) is 0 Å². The summed E-state index contributed by atoms with van der Waals surface area (Å²) in [6, 6.07) is 13.0. The van der Waals surface area contributed by atoms with Gasteiger partial charge in [0.15, 0.2) is 17.6 Å². The van der Waals surface area contributed by atoms with Gasteiger partial charge >= 0.3 is 5.97 Å². The molecule has 0 saturated carbocycles. The number of benzene rings is 2. The van der Waals surface area contributed by atoms with Gasteiger partial charge in [0.25, 0.3) is 0 Å². The van der Waals surface area contributed by atoms with E-state index >= 15 is 0 Å². The summed E-state index contributed by atoms with van der Waals surface area (Å²) in [5, 5.41) is 0. The van der Waals surface area contributed by atoms with E-state index < -0.39 is 12.1 Å². The average Bonchev–Trinajstić information content (AvgIpc) is 3.02. The number of carbonyl (C=O) groups is 1. The van der Waals surface area contributed by atoms with Gasteiger partial charge in [-0.05, 0) is 43.7 Å². The van der Waals surface area contributed by atoms with Crippen molar-refractivity contribution in [2.75, 3.05) is 6.79 Å². The summed E-state index contributed by atoms with van der Waals surface area (Å²) in [6.07, 6.45) is -0.674. The van der Waals surface area contributed by atoms with E-state index in [4.69, 9.17) is 18.9 Å². The van der Waals surface area contributed by atoms with Crippen LogP contribution in [0.25, 0.3) is 0 Å². The van der Waals surface area contributed by atoms with Crippen molar-refractivity contribution in [3.8, 4) is 17.2 Å². The van der Waals surface area contributed by atoms with Crippen molar-refractivity contribution in [3.63, 3.8) is 0 Å². The molecule has 120 valence electrons. The molecule has 0 aliphatic carbocycles. The summed E-state index contributed by atoms with van der Waals surface area (Å²) in [5.41, 5.74) is 1.97. The summed E-state index contributed by atoms with van der Waals surface area (Å²) >= 11 is 0. The highest BCUT2D eigenvalue weighted by Gasteiger charge is 2.18.